The fourth-order valence-corrected chi connectivity index (χ4v) is 2.46. The van der Waals surface area contributed by atoms with Gasteiger partial charge in [-0.1, -0.05) is 19.9 Å². The number of anilines is 1. The number of carbonyl (C=O) groups is 2. The summed E-state index contributed by atoms with van der Waals surface area (Å²) in [5.41, 5.74) is 2.82. The molecule has 0 radical (unpaired) electrons. The molecule has 6 heteroatoms. The molecule has 26 heavy (non-hydrogen) atoms. The number of esters is 1. The Kier molecular flexibility index (Phi) is 6.60. The highest BCUT2D eigenvalue weighted by molar-refractivity contribution is 5.92. The van der Waals surface area contributed by atoms with Crippen molar-refractivity contribution in [2.45, 2.75) is 26.7 Å². The largest absolute Gasteiger partial charge is 0.508 e. The molecule has 0 atom stereocenters. The summed E-state index contributed by atoms with van der Waals surface area (Å²) in [7, 11) is 0. The number of ether oxygens (including phenoxy) is 2. The van der Waals surface area contributed by atoms with Crippen LogP contribution in [-0.2, 0) is 14.3 Å². The monoisotopic (exact) mass is 357 g/mol. The summed E-state index contributed by atoms with van der Waals surface area (Å²) >= 11 is 0. The van der Waals surface area contributed by atoms with Crippen molar-refractivity contribution < 1.29 is 24.2 Å². The Morgan fingerprint density at radius 3 is 2.38 bits per heavy atom. The molecule has 0 aliphatic heterocycles. The third kappa shape index (κ3) is 5.81. The minimum atomic E-state index is -0.628. The van der Waals surface area contributed by atoms with Gasteiger partial charge in [0.15, 0.2) is 13.2 Å². The summed E-state index contributed by atoms with van der Waals surface area (Å²) in [4.78, 5) is 23.4. The highest BCUT2D eigenvalue weighted by Crippen LogP contribution is 2.23. The molecule has 2 aromatic carbocycles. The van der Waals surface area contributed by atoms with Gasteiger partial charge in [0.25, 0.3) is 5.91 Å². The lowest BCUT2D eigenvalue weighted by Crippen LogP contribution is -2.23. The molecule has 6 nitrogen and oxygen atoms in total. The number of hydrogen-bond donors (Lipinski definition) is 2. The fraction of sp³-hybridized carbons (Fsp3) is 0.300. The molecule has 0 unspecified atom stereocenters. The molecule has 0 aliphatic carbocycles. The minimum Gasteiger partial charge on any atom is -0.508 e. The highest BCUT2D eigenvalue weighted by Gasteiger charge is 2.10. The molecule has 0 aromatic heterocycles. The van der Waals surface area contributed by atoms with E-state index in [9.17, 15) is 14.7 Å². The number of amides is 1. The maximum atomic E-state index is 11.7. The van der Waals surface area contributed by atoms with Gasteiger partial charge in [0, 0.05) is 5.69 Å². The van der Waals surface area contributed by atoms with Crippen LogP contribution in [0.25, 0.3) is 0 Å². The second kappa shape index (κ2) is 8.89. The summed E-state index contributed by atoms with van der Waals surface area (Å²) in [6.45, 7) is 5.54. The van der Waals surface area contributed by atoms with E-state index in [-0.39, 0.29) is 12.4 Å². The SMILES string of the molecule is Cc1cc(OCC(=O)OCC(=O)Nc2ccc(O)cc2)ccc1C(C)C. The molecule has 2 rings (SSSR count). The molecule has 0 saturated carbocycles. The van der Waals surface area contributed by atoms with Crippen LogP contribution in [0, 0.1) is 6.92 Å². The van der Waals surface area contributed by atoms with Crippen LogP contribution in [0.1, 0.15) is 30.9 Å². The number of carbonyl (C=O) groups excluding carboxylic acids is 2. The van der Waals surface area contributed by atoms with Gasteiger partial charge < -0.3 is 19.9 Å². The summed E-state index contributed by atoms with van der Waals surface area (Å²) in [5.74, 6) is -0.000594. The van der Waals surface area contributed by atoms with E-state index in [0.29, 0.717) is 17.4 Å². The van der Waals surface area contributed by atoms with Crippen LogP contribution in [0.3, 0.4) is 0 Å². The second-order valence-corrected chi connectivity index (χ2v) is 6.22. The number of aromatic hydroxyl groups is 1. The molecule has 138 valence electrons. The Labute approximate surface area is 152 Å². The standard InChI is InChI=1S/C20H23NO5/c1-13(2)18-9-8-17(10-14(18)3)25-12-20(24)26-11-19(23)21-15-4-6-16(22)7-5-15/h4-10,13,22H,11-12H2,1-3H3,(H,21,23). The number of benzene rings is 2. The maximum absolute atomic E-state index is 11.7. The van der Waals surface area contributed by atoms with Crippen LogP contribution in [0.15, 0.2) is 42.5 Å². The Morgan fingerprint density at radius 1 is 1.08 bits per heavy atom. The number of hydrogen-bond acceptors (Lipinski definition) is 5. The zero-order valence-corrected chi connectivity index (χ0v) is 15.1. The summed E-state index contributed by atoms with van der Waals surface area (Å²) < 4.78 is 10.3. The number of aryl methyl sites for hydroxylation is 1. The smallest absolute Gasteiger partial charge is 0.344 e. The van der Waals surface area contributed by atoms with Crippen LogP contribution in [-0.4, -0.2) is 30.2 Å². The van der Waals surface area contributed by atoms with Crippen molar-refractivity contribution in [2.24, 2.45) is 0 Å². The Hall–Kier alpha value is -3.02. The van der Waals surface area contributed by atoms with Crippen molar-refractivity contribution in [1.82, 2.24) is 0 Å². The van der Waals surface area contributed by atoms with Crippen molar-refractivity contribution in [1.29, 1.82) is 0 Å². The van der Waals surface area contributed by atoms with E-state index < -0.39 is 18.5 Å². The molecule has 0 fully saturated rings. The van der Waals surface area contributed by atoms with E-state index in [1.54, 1.807) is 12.1 Å². The van der Waals surface area contributed by atoms with Crippen molar-refractivity contribution >= 4 is 17.6 Å². The van der Waals surface area contributed by atoms with Crippen molar-refractivity contribution in [3.63, 3.8) is 0 Å². The van der Waals surface area contributed by atoms with Crippen molar-refractivity contribution in [2.75, 3.05) is 18.5 Å². The lowest BCUT2D eigenvalue weighted by molar-refractivity contribution is -0.149. The van der Waals surface area contributed by atoms with E-state index in [0.717, 1.165) is 5.56 Å². The predicted molar refractivity (Wildman–Crippen MR) is 98.5 cm³/mol. The van der Waals surface area contributed by atoms with Gasteiger partial charge in [0.05, 0.1) is 0 Å². The summed E-state index contributed by atoms with van der Waals surface area (Å²) in [6.07, 6.45) is 0. The second-order valence-electron chi connectivity index (χ2n) is 6.22. The van der Waals surface area contributed by atoms with Crippen LogP contribution >= 0.6 is 0 Å². The first-order valence-electron chi connectivity index (χ1n) is 8.33. The van der Waals surface area contributed by atoms with E-state index >= 15 is 0 Å². The molecule has 0 heterocycles. The van der Waals surface area contributed by atoms with Crippen LogP contribution < -0.4 is 10.1 Å². The molecule has 1 amide bonds. The van der Waals surface area contributed by atoms with Crippen molar-refractivity contribution in [3.8, 4) is 11.5 Å². The Balaban J connectivity index is 1.75. The van der Waals surface area contributed by atoms with E-state index in [1.165, 1.54) is 17.7 Å². The van der Waals surface area contributed by atoms with Gasteiger partial charge in [-0.3, -0.25) is 4.79 Å². The van der Waals surface area contributed by atoms with Gasteiger partial charge in [0.2, 0.25) is 0 Å². The number of phenols is 1. The third-order valence-electron chi connectivity index (χ3n) is 3.74. The first kappa shape index (κ1) is 19.3. The molecular formula is C20H23NO5. The fourth-order valence-electron chi connectivity index (χ4n) is 2.46. The van der Waals surface area contributed by atoms with Gasteiger partial charge in [-0.05, 0) is 60.4 Å². The van der Waals surface area contributed by atoms with Gasteiger partial charge in [0.1, 0.15) is 11.5 Å². The molecule has 0 aliphatic rings. The Morgan fingerprint density at radius 2 is 1.77 bits per heavy atom. The average molecular weight is 357 g/mol. The van der Waals surface area contributed by atoms with Crippen LogP contribution in [0.4, 0.5) is 5.69 Å². The molecule has 0 bridgehead atoms. The molecule has 0 spiro atoms. The lowest BCUT2D eigenvalue weighted by Gasteiger charge is -2.12. The predicted octanol–water partition coefficient (Wildman–Crippen LogP) is 3.38. The molecule has 0 saturated heterocycles. The number of rotatable bonds is 7. The third-order valence-corrected chi connectivity index (χ3v) is 3.74. The van der Waals surface area contributed by atoms with Gasteiger partial charge in [-0.2, -0.15) is 0 Å². The van der Waals surface area contributed by atoms with E-state index in [4.69, 9.17) is 9.47 Å². The van der Waals surface area contributed by atoms with E-state index in [1.807, 2.05) is 25.1 Å². The minimum absolute atomic E-state index is 0.100. The van der Waals surface area contributed by atoms with Crippen LogP contribution in [0.5, 0.6) is 11.5 Å². The van der Waals surface area contributed by atoms with Crippen LogP contribution in [0.2, 0.25) is 0 Å². The van der Waals surface area contributed by atoms with Gasteiger partial charge in [-0.15, -0.1) is 0 Å². The average Bonchev–Trinajstić information content (AvgIpc) is 2.60. The van der Waals surface area contributed by atoms with Crippen molar-refractivity contribution in [3.05, 3.63) is 53.6 Å². The van der Waals surface area contributed by atoms with E-state index in [2.05, 4.69) is 19.2 Å². The quantitative estimate of drug-likeness (QED) is 0.586. The molecular weight excluding hydrogens is 334 g/mol. The summed E-state index contributed by atoms with van der Waals surface area (Å²) in [5, 5.41) is 11.7. The van der Waals surface area contributed by atoms with Gasteiger partial charge >= 0.3 is 5.97 Å². The normalized spacial score (nSPS) is 10.5. The Bertz CT molecular complexity index is 768. The zero-order valence-electron chi connectivity index (χ0n) is 15.1. The topological polar surface area (TPSA) is 84.9 Å². The summed E-state index contributed by atoms with van der Waals surface area (Å²) in [6, 6.07) is 11.6. The first-order valence-corrected chi connectivity index (χ1v) is 8.33. The van der Waals surface area contributed by atoms with Gasteiger partial charge in [-0.25, -0.2) is 4.79 Å². The number of nitrogens with one attached hydrogen (secondary N) is 1. The lowest BCUT2D eigenvalue weighted by atomic mass is 9.98. The zero-order chi connectivity index (χ0) is 19.1. The molecule has 2 aromatic rings. The number of phenolic OH excluding ortho intramolecular Hbond substituents is 1. The highest BCUT2D eigenvalue weighted by atomic mass is 16.6. The maximum Gasteiger partial charge on any atom is 0.344 e. The molecule has 2 N–H and O–H groups in total. The first-order chi connectivity index (χ1) is 12.3.